The molecule has 8 nitrogen and oxygen atoms in total. The molecule has 1 saturated carbocycles. The first-order valence-corrected chi connectivity index (χ1v) is 13.1. The molecule has 3 heterocycles. The molecule has 1 aromatic heterocycles. The predicted molar refractivity (Wildman–Crippen MR) is 137 cm³/mol. The Morgan fingerprint density at radius 3 is 2.51 bits per heavy atom. The van der Waals surface area contributed by atoms with Gasteiger partial charge in [-0.1, -0.05) is 24.3 Å². The van der Waals surface area contributed by atoms with Crippen LogP contribution in [0.15, 0.2) is 36.5 Å². The SMILES string of the molecule is Cc1ccccc1-c1cnnc(N2CCN(CC(=O)NC3CCC(N4CCOCC4)CC3)CC2)c1. The number of amides is 1. The number of benzene rings is 1. The zero-order chi connectivity index (χ0) is 24.0. The Hall–Kier alpha value is -2.55. The quantitative estimate of drug-likeness (QED) is 0.683. The summed E-state index contributed by atoms with van der Waals surface area (Å²) in [7, 11) is 0. The largest absolute Gasteiger partial charge is 0.379 e. The number of hydrogen-bond donors (Lipinski definition) is 1. The number of carbonyl (C=O) groups is 1. The van der Waals surface area contributed by atoms with Crippen molar-refractivity contribution in [2.45, 2.75) is 44.7 Å². The van der Waals surface area contributed by atoms with Gasteiger partial charge in [0.2, 0.25) is 5.91 Å². The molecule has 1 amide bonds. The van der Waals surface area contributed by atoms with E-state index in [-0.39, 0.29) is 5.91 Å². The summed E-state index contributed by atoms with van der Waals surface area (Å²) in [4.78, 5) is 19.8. The van der Waals surface area contributed by atoms with Crippen LogP contribution in [0.1, 0.15) is 31.2 Å². The van der Waals surface area contributed by atoms with Crippen LogP contribution in [0.5, 0.6) is 0 Å². The zero-order valence-corrected chi connectivity index (χ0v) is 20.9. The number of nitrogens with zero attached hydrogens (tertiary/aromatic N) is 5. The summed E-state index contributed by atoms with van der Waals surface area (Å²) in [5, 5.41) is 12.0. The molecule has 1 N–H and O–H groups in total. The summed E-state index contributed by atoms with van der Waals surface area (Å²) >= 11 is 0. The minimum atomic E-state index is 0.162. The van der Waals surface area contributed by atoms with E-state index in [1.165, 1.54) is 24.0 Å². The van der Waals surface area contributed by atoms with Gasteiger partial charge in [0.1, 0.15) is 0 Å². The van der Waals surface area contributed by atoms with Crippen LogP contribution in [0.25, 0.3) is 11.1 Å². The average Bonchev–Trinajstić information content (AvgIpc) is 2.90. The van der Waals surface area contributed by atoms with Crippen molar-refractivity contribution in [3.8, 4) is 11.1 Å². The fraction of sp³-hybridized carbons (Fsp3) is 0.593. The minimum Gasteiger partial charge on any atom is -0.379 e. The Morgan fingerprint density at radius 1 is 1.03 bits per heavy atom. The summed E-state index contributed by atoms with van der Waals surface area (Å²) in [5.74, 6) is 1.07. The number of rotatable bonds is 6. The van der Waals surface area contributed by atoms with E-state index in [1.807, 2.05) is 6.20 Å². The molecule has 1 aliphatic carbocycles. The van der Waals surface area contributed by atoms with Gasteiger partial charge < -0.3 is 15.0 Å². The highest BCUT2D eigenvalue weighted by atomic mass is 16.5. The first-order chi connectivity index (χ1) is 17.2. The van der Waals surface area contributed by atoms with E-state index in [9.17, 15) is 4.79 Å². The summed E-state index contributed by atoms with van der Waals surface area (Å²) in [5.41, 5.74) is 3.52. The van der Waals surface area contributed by atoms with Crippen LogP contribution < -0.4 is 10.2 Å². The molecule has 0 spiro atoms. The Kier molecular flexibility index (Phi) is 7.91. The number of nitrogens with one attached hydrogen (secondary N) is 1. The molecule has 3 fully saturated rings. The van der Waals surface area contributed by atoms with Crippen LogP contribution in [0.2, 0.25) is 0 Å². The van der Waals surface area contributed by atoms with E-state index < -0.39 is 0 Å². The molecule has 2 aromatic rings. The van der Waals surface area contributed by atoms with Gasteiger partial charge in [0.05, 0.1) is 26.0 Å². The Labute approximate surface area is 208 Å². The number of piperazine rings is 1. The maximum atomic E-state index is 12.7. The van der Waals surface area contributed by atoms with Gasteiger partial charge in [-0.05, 0) is 49.8 Å². The van der Waals surface area contributed by atoms with Crippen molar-refractivity contribution in [3.05, 3.63) is 42.1 Å². The van der Waals surface area contributed by atoms with Gasteiger partial charge in [-0.25, -0.2) is 0 Å². The highest BCUT2D eigenvalue weighted by Gasteiger charge is 2.28. The lowest BCUT2D eigenvalue weighted by atomic mass is 9.90. The number of hydrogen-bond acceptors (Lipinski definition) is 7. The fourth-order valence-electron chi connectivity index (χ4n) is 5.69. The molecular weight excluding hydrogens is 440 g/mol. The van der Waals surface area contributed by atoms with E-state index in [4.69, 9.17) is 4.74 Å². The molecule has 0 bridgehead atoms. The molecule has 3 aliphatic rings. The first kappa shape index (κ1) is 24.2. The van der Waals surface area contributed by atoms with Gasteiger partial charge in [-0.3, -0.25) is 14.6 Å². The molecule has 2 aliphatic heterocycles. The molecular formula is C27H38N6O2. The van der Waals surface area contributed by atoms with Crippen molar-refractivity contribution in [3.63, 3.8) is 0 Å². The number of aromatic nitrogens is 2. The first-order valence-electron chi connectivity index (χ1n) is 13.1. The van der Waals surface area contributed by atoms with Crippen LogP contribution in [0.4, 0.5) is 5.82 Å². The highest BCUT2D eigenvalue weighted by Crippen LogP contribution is 2.26. The Balaban J connectivity index is 1.06. The third-order valence-electron chi connectivity index (χ3n) is 7.79. The molecule has 0 radical (unpaired) electrons. The molecule has 8 heteroatoms. The van der Waals surface area contributed by atoms with Gasteiger partial charge in [-0.15, -0.1) is 5.10 Å². The van der Waals surface area contributed by atoms with E-state index >= 15 is 0 Å². The lowest BCUT2D eigenvalue weighted by Gasteiger charge is -2.39. The lowest BCUT2D eigenvalue weighted by Crippen LogP contribution is -2.52. The van der Waals surface area contributed by atoms with Crippen molar-refractivity contribution < 1.29 is 9.53 Å². The molecule has 35 heavy (non-hydrogen) atoms. The number of ether oxygens (including phenoxy) is 1. The van der Waals surface area contributed by atoms with Crippen LogP contribution in [0.3, 0.4) is 0 Å². The van der Waals surface area contributed by atoms with E-state index in [0.29, 0.717) is 18.6 Å². The highest BCUT2D eigenvalue weighted by molar-refractivity contribution is 5.78. The molecule has 5 rings (SSSR count). The second kappa shape index (κ2) is 11.5. The van der Waals surface area contributed by atoms with Crippen molar-refractivity contribution in [2.75, 3.05) is 63.9 Å². The monoisotopic (exact) mass is 478 g/mol. The van der Waals surface area contributed by atoms with Gasteiger partial charge in [-0.2, -0.15) is 5.10 Å². The van der Waals surface area contributed by atoms with Crippen molar-refractivity contribution in [1.82, 2.24) is 25.3 Å². The normalized spacial score (nSPS) is 24.3. The molecule has 0 atom stereocenters. The van der Waals surface area contributed by atoms with Gasteiger partial charge in [0, 0.05) is 56.9 Å². The Morgan fingerprint density at radius 2 is 1.77 bits per heavy atom. The third-order valence-corrected chi connectivity index (χ3v) is 7.79. The standard InChI is InChI=1S/C27H38N6O2/c1-21-4-2-3-5-25(21)22-18-26(30-28-19-22)33-12-10-31(11-13-33)20-27(34)29-23-6-8-24(9-7-23)32-14-16-35-17-15-32/h2-5,18-19,23-24H,6-17,20H2,1H3,(H,29,34). The van der Waals surface area contributed by atoms with Crippen molar-refractivity contribution in [1.29, 1.82) is 0 Å². The number of aryl methyl sites for hydroxylation is 1. The topological polar surface area (TPSA) is 73.8 Å². The van der Waals surface area contributed by atoms with Crippen LogP contribution in [-0.4, -0.2) is 97.0 Å². The third kappa shape index (κ3) is 6.18. The number of anilines is 1. The predicted octanol–water partition coefficient (Wildman–Crippen LogP) is 2.33. The van der Waals surface area contributed by atoms with E-state index in [1.54, 1.807) is 0 Å². The van der Waals surface area contributed by atoms with E-state index in [0.717, 1.165) is 76.7 Å². The maximum absolute atomic E-state index is 12.7. The van der Waals surface area contributed by atoms with Crippen LogP contribution in [-0.2, 0) is 9.53 Å². The van der Waals surface area contributed by atoms with Crippen LogP contribution >= 0.6 is 0 Å². The van der Waals surface area contributed by atoms with Crippen molar-refractivity contribution in [2.24, 2.45) is 0 Å². The lowest BCUT2D eigenvalue weighted by molar-refractivity contribution is -0.123. The summed E-state index contributed by atoms with van der Waals surface area (Å²) in [6, 6.07) is 11.5. The van der Waals surface area contributed by atoms with Gasteiger partial charge >= 0.3 is 0 Å². The van der Waals surface area contributed by atoms with Crippen LogP contribution in [0, 0.1) is 6.92 Å². The second-order valence-electron chi connectivity index (χ2n) is 10.1. The average molecular weight is 479 g/mol. The number of morpholine rings is 1. The minimum absolute atomic E-state index is 0.162. The molecule has 0 unspecified atom stereocenters. The second-order valence-corrected chi connectivity index (χ2v) is 10.1. The summed E-state index contributed by atoms with van der Waals surface area (Å²) in [6.45, 7) is 9.82. The molecule has 1 aromatic carbocycles. The fourth-order valence-corrected chi connectivity index (χ4v) is 5.69. The molecule has 188 valence electrons. The summed E-state index contributed by atoms with van der Waals surface area (Å²) < 4.78 is 5.48. The smallest absolute Gasteiger partial charge is 0.234 e. The van der Waals surface area contributed by atoms with Gasteiger partial charge in [0.25, 0.3) is 0 Å². The maximum Gasteiger partial charge on any atom is 0.234 e. The van der Waals surface area contributed by atoms with Gasteiger partial charge in [0.15, 0.2) is 5.82 Å². The molecule has 2 saturated heterocycles. The Bertz CT molecular complexity index is 979. The summed E-state index contributed by atoms with van der Waals surface area (Å²) in [6.07, 6.45) is 6.34. The zero-order valence-electron chi connectivity index (χ0n) is 20.9. The number of carbonyl (C=O) groups excluding carboxylic acids is 1. The van der Waals surface area contributed by atoms with E-state index in [2.05, 4.69) is 67.5 Å². The van der Waals surface area contributed by atoms with Crippen molar-refractivity contribution >= 4 is 11.7 Å².